The van der Waals surface area contributed by atoms with E-state index in [1.54, 1.807) is 0 Å². The number of piperazine rings is 1. The number of carbonyl (C=O) groups excluding carboxylic acids is 1. The van der Waals surface area contributed by atoms with Crippen molar-refractivity contribution in [2.45, 2.75) is 45.2 Å². The summed E-state index contributed by atoms with van der Waals surface area (Å²) in [6.45, 7) is 6.18. The summed E-state index contributed by atoms with van der Waals surface area (Å²) in [6.07, 6.45) is 5.36. The van der Waals surface area contributed by atoms with Crippen LogP contribution >= 0.6 is 0 Å². The molecule has 1 aromatic carbocycles. The smallest absolute Gasteiger partial charge is 0.322 e. The second-order valence-corrected chi connectivity index (χ2v) is 7.71. The maximum absolute atomic E-state index is 12.8. The molecule has 0 bridgehead atoms. The van der Waals surface area contributed by atoms with E-state index in [0.29, 0.717) is 6.54 Å². The van der Waals surface area contributed by atoms with Gasteiger partial charge in [-0.25, -0.2) is 9.48 Å². The summed E-state index contributed by atoms with van der Waals surface area (Å²) in [5, 5.41) is 7.62. The minimum absolute atomic E-state index is 0.0183. The lowest BCUT2D eigenvalue weighted by molar-refractivity contribution is 0.115. The Morgan fingerprint density at radius 2 is 1.81 bits per heavy atom. The van der Waals surface area contributed by atoms with Crippen molar-refractivity contribution >= 4 is 11.8 Å². The van der Waals surface area contributed by atoms with Gasteiger partial charge >= 0.3 is 6.03 Å². The first kappa shape index (κ1) is 18.0. The Morgan fingerprint density at radius 3 is 2.52 bits per heavy atom. The fourth-order valence-corrected chi connectivity index (χ4v) is 4.27. The van der Waals surface area contributed by atoms with Crippen LogP contribution in [0.4, 0.5) is 10.6 Å². The number of aromatic nitrogens is 2. The predicted molar refractivity (Wildman–Crippen MR) is 107 cm³/mol. The second kappa shape index (κ2) is 8.13. The Kier molecular flexibility index (Phi) is 5.43. The zero-order valence-corrected chi connectivity index (χ0v) is 16.1. The fraction of sp³-hybridized carbons (Fsp3) is 0.524. The average molecular weight is 367 g/mol. The Labute approximate surface area is 161 Å². The standard InChI is InChI=1S/C21H29N5O/c1-17-15-20(26(23-17)16-18-7-3-2-4-8-18)22-21(27)25-13-11-24(12-14-25)19-9-5-6-10-19/h2-4,7-8,15,19H,5-6,9-14,16H2,1H3,(H,22,27). The molecule has 1 aromatic heterocycles. The van der Waals surface area contributed by atoms with Gasteiger partial charge in [-0.15, -0.1) is 0 Å². The molecule has 27 heavy (non-hydrogen) atoms. The van der Waals surface area contributed by atoms with Gasteiger partial charge in [0.05, 0.1) is 12.2 Å². The summed E-state index contributed by atoms with van der Waals surface area (Å²) in [7, 11) is 0. The van der Waals surface area contributed by atoms with E-state index in [-0.39, 0.29) is 6.03 Å². The van der Waals surface area contributed by atoms with Crippen molar-refractivity contribution in [1.29, 1.82) is 0 Å². The van der Waals surface area contributed by atoms with E-state index >= 15 is 0 Å². The molecule has 0 radical (unpaired) electrons. The van der Waals surface area contributed by atoms with Crippen molar-refractivity contribution in [1.82, 2.24) is 19.6 Å². The van der Waals surface area contributed by atoms with Gasteiger partial charge < -0.3 is 4.90 Å². The molecule has 6 nitrogen and oxygen atoms in total. The lowest BCUT2D eigenvalue weighted by Crippen LogP contribution is -2.52. The van der Waals surface area contributed by atoms with Crippen LogP contribution in [0.1, 0.15) is 36.9 Å². The number of urea groups is 1. The number of aryl methyl sites for hydroxylation is 1. The SMILES string of the molecule is Cc1cc(NC(=O)N2CCN(C3CCCC3)CC2)n(Cc2ccccc2)n1. The average Bonchev–Trinajstić information content (AvgIpc) is 3.33. The summed E-state index contributed by atoms with van der Waals surface area (Å²) >= 11 is 0. The number of rotatable bonds is 4. The molecule has 0 spiro atoms. The van der Waals surface area contributed by atoms with Crippen LogP contribution in [-0.2, 0) is 6.54 Å². The number of carbonyl (C=O) groups is 1. The first-order valence-corrected chi connectivity index (χ1v) is 10.1. The van der Waals surface area contributed by atoms with Crippen molar-refractivity contribution in [2.75, 3.05) is 31.5 Å². The Balaban J connectivity index is 1.36. The molecule has 4 rings (SSSR count). The van der Waals surface area contributed by atoms with E-state index in [4.69, 9.17) is 0 Å². The summed E-state index contributed by atoms with van der Waals surface area (Å²) in [5.41, 5.74) is 2.08. The molecule has 2 aliphatic rings. The number of hydrogen-bond donors (Lipinski definition) is 1. The van der Waals surface area contributed by atoms with Gasteiger partial charge in [-0.05, 0) is 25.3 Å². The van der Waals surface area contributed by atoms with Crippen molar-refractivity contribution in [3.05, 3.63) is 47.7 Å². The second-order valence-electron chi connectivity index (χ2n) is 7.71. The monoisotopic (exact) mass is 367 g/mol. The minimum atomic E-state index is -0.0183. The fourth-order valence-electron chi connectivity index (χ4n) is 4.27. The number of hydrogen-bond acceptors (Lipinski definition) is 3. The van der Waals surface area contributed by atoms with Crippen LogP contribution in [0.5, 0.6) is 0 Å². The van der Waals surface area contributed by atoms with E-state index in [9.17, 15) is 4.79 Å². The highest BCUT2D eigenvalue weighted by molar-refractivity contribution is 5.88. The molecule has 0 atom stereocenters. The zero-order chi connectivity index (χ0) is 18.6. The highest BCUT2D eigenvalue weighted by Gasteiger charge is 2.28. The predicted octanol–water partition coefficient (Wildman–Crippen LogP) is 3.33. The quantitative estimate of drug-likeness (QED) is 0.902. The van der Waals surface area contributed by atoms with Crippen molar-refractivity contribution in [3.8, 4) is 0 Å². The van der Waals surface area contributed by atoms with Crippen LogP contribution in [0.25, 0.3) is 0 Å². The van der Waals surface area contributed by atoms with E-state index in [1.807, 2.05) is 40.8 Å². The zero-order valence-electron chi connectivity index (χ0n) is 16.1. The van der Waals surface area contributed by atoms with Crippen molar-refractivity contribution < 1.29 is 4.79 Å². The molecule has 2 aromatic rings. The van der Waals surface area contributed by atoms with Gasteiger partial charge in [-0.3, -0.25) is 10.2 Å². The van der Waals surface area contributed by atoms with Gasteiger partial charge in [-0.1, -0.05) is 43.2 Å². The summed E-state index contributed by atoms with van der Waals surface area (Å²) < 4.78 is 1.87. The van der Waals surface area contributed by atoms with Crippen molar-refractivity contribution in [2.24, 2.45) is 0 Å². The van der Waals surface area contributed by atoms with Gasteiger partial charge in [0.1, 0.15) is 5.82 Å². The van der Waals surface area contributed by atoms with Crippen LogP contribution < -0.4 is 5.32 Å². The number of benzene rings is 1. The van der Waals surface area contributed by atoms with Gasteiger partial charge in [0.25, 0.3) is 0 Å². The first-order valence-electron chi connectivity index (χ1n) is 10.1. The summed E-state index contributed by atoms with van der Waals surface area (Å²) in [6, 6.07) is 12.9. The van der Waals surface area contributed by atoms with Crippen LogP contribution in [0.3, 0.4) is 0 Å². The molecule has 1 aliphatic carbocycles. The molecule has 6 heteroatoms. The van der Waals surface area contributed by atoms with Crippen LogP contribution in [0.2, 0.25) is 0 Å². The minimum Gasteiger partial charge on any atom is -0.322 e. The number of nitrogens with one attached hydrogen (secondary N) is 1. The first-order chi connectivity index (χ1) is 13.2. The number of anilines is 1. The molecule has 1 saturated heterocycles. The molecule has 2 fully saturated rings. The molecule has 144 valence electrons. The maximum Gasteiger partial charge on any atom is 0.323 e. The lowest BCUT2D eigenvalue weighted by Gasteiger charge is -2.37. The highest BCUT2D eigenvalue weighted by Crippen LogP contribution is 2.24. The largest absolute Gasteiger partial charge is 0.323 e. The molecule has 1 aliphatic heterocycles. The highest BCUT2D eigenvalue weighted by atomic mass is 16.2. The van der Waals surface area contributed by atoms with E-state index < -0.39 is 0 Å². The molecule has 1 N–H and O–H groups in total. The summed E-state index contributed by atoms with van der Waals surface area (Å²) in [5.74, 6) is 0.763. The van der Waals surface area contributed by atoms with Gasteiger partial charge in [-0.2, -0.15) is 5.10 Å². The van der Waals surface area contributed by atoms with Crippen molar-refractivity contribution in [3.63, 3.8) is 0 Å². The Bertz CT molecular complexity index is 758. The van der Waals surface area contributed by atoms with Crippen LogP contribution in [-0.4, -0.2) is 57.8 Å². The molecular weight excluding hydrogens is 338 g/mol. The molecule has 2 amide bonds. The molecular formula is C21H29N5O. The third kappa shape index (κ3) is 4.33. The number of nitrogens with zero attached hydrogens (tertiary/aromatic N) is 4. The molecule has 0 unspecified atom stereocenters. The van der Waals surface area contributed by atoms with Crippen LogP contribution in [0, 0.1) is 6.92 Å². The van der Waals surface area contributed by atoms with E-state index in [1.165, 1.54) is 31.2 Å². The van der Waals surface area contributed by atoms with E-state index in [2.05, 4.69) is 27.4 Å². The summed E-state index contributed by atoms with van der Waals surface area (Å²) in [4.78, 5) is 17.3. The number of amides is 2. The molecule has 2 heterocycles. The van der Waals surface area contributed by atoms with Gasteiger partial charge in [0, 0.05) is 38.3 Å². The van der Waals surface area contributed by atoms with Gasteiger partial charge in [0.15, 0.2) is 0 Å². The molecule has 1 saturated carbocycles. The Morgan fingerprint density at radius 1 is 1.11 bits per heavy atom. The maximum atomic E-state index is 12.8. The topological polar surface area (TPSA) is 53.4 Å². The van der Waals surface area contributed by atoms with Gasteiger partial charge in [0.2, 0.25) is 0 Å². The Hall–Kier alpha value is -2.34. The van der Waals surface area contributed by atoms with E-state index in [0.717, 1.165) is 43.7 Å². The normalized spacial score (nSPS) is 18.8. The van der Waals surface area contributed by atoms with Crippen LogP contribution in [0.15, 0.2) is 36.4 Å². The third-order valence-electron chi connectivity index (χ3n) is 5.75. The third-order valence-corrected chi connectivity index (χ3v) is 5.75. The lowest BCUT2D eigenvalue weighted by atomic mass is 10.2.